The van der Waals surface area contributed by atoms with Crippen molar-refractivity contribution in [2.45, 2.75) is 33.9 Å². The Bertz CT molecular complexity index is 1270. The van der Waals surface area contributed by atoms with Gasteiger partial charge in [-0.05, 0) is 67.2 Å². The average Bonchev–Trinajstić information content (AvgIpc) is 3.20. The maximum absolute atomic E-state index is 14.3. The van der Waals surface area contributed by atoms with E-state index < -0.39 is 17.7 Å². The molecule has 1 fully saturated rings. The van der Waals surface area contributed by atoms with Crippen LogP contribution < -0.4 is 20.7 Å². The molecule has 3 N–H and O–H groups in total. The number of aromatic nitrogens is 2. The lowest BCUT2D eigenvalue weighted by Crippen LogP contribution is -2.45. The zero-order chi connectivity index (χ0) is 25.7. The maximum atomic E-state index is 14.3. The van der Waals surface area contributed by atoms with Gasteiger partial charge in [0.2, 0.25) is 0 Å². The van der Waals surface area contributed by atoms with Crippen molar-refractivity contribution >= 4 is 40.5 Å². The molecule has 12 heteroatoms. The molecule has 2 atom stereocenters. The number of thioether (sulfide) groups is 2. The van der Waals surface area contributed by atoms with Gasteiger partial charge in [-0.15, -0.1) is 11.8 Å². The van der Waals surface area contributed by atoms with Crippen LogP contribution in [0.25, 0.3) is 5.52 Å². The summed E-state index contributed by atoms with van der Waals surface area (Å²) in [5.74, 6) is 6.69. The molecule has 192 valence electrons. The molecule has 1 aliphatic rings. The molecule has 1 aromatic carbocycles. The summed E-state index contributed by atoms with van der Waals surface area (Å²) in [5, 5.41) is 13.6. The number of hydrogen-bond acceptors (Lipinski definition) is 7. The highest BCUT2D eigenvalue weighted by Crippen LogP contribution is 2.41. The van der Waals surface area contributed by atoms with Crippen molar-refractivity contribution in [3.05, 3.63) is 42.1 Å². The highest BCUT2D eigenvalue weighted by molar-refractivity contribution is 8.00. The second kappa shape index (κ2) is 11.5. The number of ether oxygens (including phenoxy) is 1. The van der Waals surface area contributed by atoms with E-state index in [1.165, 1.54) is 4.52 Å². The van der Waals surface area contributed by atoms with Crippen LogP contribution in [-0.2, 0) is 0 Å². The monoisotopic (exact) mass is 539 g/mol. The molecule has 1 aliphatic heterocycles. The first-order chi connectivity index (χ1) is 17.3. The van der Waals surface area contributed by atoms with Gasteiger partial charge in [-0.2, -0.15) is 18.3 Å². The van der Waals surface area contributed by atoms with Crippen molar-refractivity contribution in [3.8, 4) is 17.6 Å². The van der Waals surface area contributed by atoms with E-state index in [1.807, 2.05) is 24.5 Å². The zero-order valence-electron chi connectivity index (χ0n) is 19.6. The van der Waals surface area contributed by atoms with Crippen molar-refractivity contribution in [1.82, 2.24) is 14.9 Å². The van der Waals surface area contributed by atoms with E-state index >= 15 is 0 Å². The Balaban J connectivity index is 1.61. The molecule has 0 radical (unpaired) electrons. The molecule has 4 rings (SSSR count). The Labute approximate surface area is 214 Å². The Kier molecular flexibility index (Phi) is 8.43. The average molecular weight is 540 g/mol. The van der Waals surface area contributed by atoms with Gasteiger partial charge in [0.05, 0.1) is 35.8 Å². The van der Waals surface area contributed by atoms with Crippen molar-refractivity contribution < 1.29 is 22.3 Å². The standard InChI is InChI=1S/C24H25F4N5OS2/c1-34-21-13-15(35-2)8-9-18(21)30-11-4-5-19-23(36-24(26,27)28)20-6-3-7-22(33(20)32-19)31-17-10-12-29-14-16(17)25/h3,6-9,13,16-17,29-31H,10-12,14H2,1-2H3. The molecule has 1 saturated heterocycles. The predicted octanol–water partition coefficient (Wildman–Crippen LogP) is 5.25. The number of benzene rings is 1. The first kappa shape index (κ1) is 26.3. The van der Waals surface area contributed by atoms with E-state index in [0.717, 1.165) is 10.6 Å². The molecule has 0 spiro atoms. The van der Waals surface area contributed by atoms with Crippen molar-refractivity contribution in [2.24, 2.45) is 0 Å². The summed E-state index contributed by atoms with van der Waals surface area (Å²) in [7, 11) is 1.56. The minimum absolute atomic E-state index is 0.000167. The molecule has 0 aliphatic carbocycles. The van der Waals surface area contributed by atoms with Gasteiger partial charge in [-0.1, -0.05) is 12.0 Å². The summed E-state index contributed by atoms with van der Waals surface area (Å²) in [6, 6.07) is 10.0. The summed E-state index contributed by atoms with van der Waals surface area (Å²) in [6.07, 6.45) is 1.38. The summed E-state index contributed by atoms with van der Waals surface area (Å²) < 4.78 is 61.2. The molecule has 6 nitrogen and oxygen atoms in total. The van der Waals surface area contributed by atoms with Gasteiger partial charge in [0.15, 0.2) is 0 Å². The number of methoxy groups -OCH3 is 1. The first-order valence-corrected chi connectivity index (χ1v) is 13.2. The molecule has 2 unspecified atom stereocenters. The smallest absolute Gasteiger partial charge is 0.446 e. The number of fused-ring (bicyclic) bond motifs is 1. The Hall–Kier alpha value is -2.75. The second-order valence-corrected chi connectivity index (χ2v) is 9.87. The maximum Gasteiger partial charge on any atom is 0.446 e. The Morgan fingerprint density at radius 1 is 1.28 bits per heavy atom. The first-order valence-electron chi connectivity index (χ1n) is 11.1. The zero-order valence-corrected chi connectivity index (χ0v) is 21.2. The van der Waals surface area contributed by atoms with Crippen LogP contribution >= 0.6 is 23.5 Å². The summed E-state index contributed by atoms with van der Waals surface area (Å²) >= 11 is 1.33. The molecular formula is C24H25F4N5OS2. The van der Waals surface area contributed by atoms with Gasteiger partial charge in [-0.3, -0.25) is 0 Å². The third-order valence-electron chi connectivity index (χ3n) is 5.55. The fourth-order valence-electron chi connectivity index (χ4n) is 3.84. The Morgan fingerprint density at radius 3 is 2.83 bits per heavy atom. The number of pyridine rings is 1. The summed E-state index contributed by atoms with van der Waals surface area (Å²) in [6.45, 7) is 1.04. The fraction of sp³-hybridized carbons (Fsp3) is 0.375. The number of nitrogens with zero attached hydrogens (tertiary/aromatic N) is 2. The third-order valence-corrected chi connectivity index (χ3v) is 7.12. The minimum Gasteiger partial charge on any atom is -0.495 e. The second-order valence-electron chi connectivity index (χ2n) is 7.91. The molecular weight excluding hydrogens is 514 g/mol. The third kappa shape index (κ3) is 6.32. The van der Waals surface area contributed by atoms with Crippen LogP contribution in [0, 0.1) is 11.8 Å². The number of nitrogens with one attached hydrogen (secondary N) is 3. The van der Waals surface area contributed by atoms with E-state index in [1.54, 1.807) is 37.1 Å². The van der Waals surface area contributed by atoms with Crippen molar-refractivity contribution in [1.29, 1.82) is 0 Å². The van der Waals surface area contributed by atoms with E-state index in [9.17, 15) is 17.6 Å². The van der Waals surface area contributed by atoms with E-state index in [2.05, 4.69) is 32.9 Å². The molecule has 3 aromatic rings. The van der Waals surface area contributed by atoms with E-state index in [-0.39, 0.29) is 41.0 Å². The normalized spacial score (nSPS) is 17.9. The van der Waals surface area contributed by atoms with Crippen molar-refractivity contribution in [3.63, 3.8) is 0 Å². The van der Waals surface area contributed by atoms with Crippen LogP contribution in [0.5, 0.6) is 5.75 Å². The van der Waals surface area contributed by atoms with Crippen LogP contribution in [0.3, 0.4) is 0 Å². The van der Waals surface area contributed by atoms with Crippen LogP contribution in [-0.4, -0.2) is 60.3 Å². The van der Waals surface area contributed by atoms with E-state index in [0.29, 0.717) is 24.5 Å². The van der Waals surface area contributed by atoms with Gasteiger partial charge >= 0.3 is 5.51 Å². The quantitative estimate of drug-likeness (QED) is 0.215. The van der Waals surface area contributed by atoms with Crippen LogP contribution in [0.4, 0.5) is 29.1 Å². The lowest BCUT2D eigenvalue weighted by molar-refractivity contribution is -0.0327. The minimum atomic E-state index is -4.52. The fourth-order valence-corrected chi connectivity index (χ4v) is 4.95. The highest BCUT2D eigenvalue weighted by atomic mass is 32.2. The number of rotatable bonds is 7. The van der Waals surface area contributed by atoms with Crippen LogP contribution in [0.1, 0.15) is 12.1 Å². The van der Waals surface area contributed by atoms with Crippen LogP contribution in [0.2, 0.25) is 0 Å². The number of hydrogen-bond donors (Lipinski definition) is 3. The topological polar surface area (TPSA) is 62.6 Å². The summed E-state index contributed by atoms with van der Waals surface area (Å²) in [4.78, 5) is 0.942. The van der Waals surface area contributed by atoms with Gasteiger partial charge in [-0.25, -0.2) is 8.91 Å². The largest absolute Gasteiger partial charge is 0.495 e. The molecule has 0 amide bonds. The molecule has 36 heavy (non-hydrogen) atoms. The molecule has 2 aromatic heterocycles. The summed E-state index contributed by atoms with van der Waals surface area (Å²) in [5.41, 5.74) is -3.55. The number of piperidine rings is 1. The number of alkyl halides is 4. The van der Waals surface area contributed by atoms with Gasteiger partial charge in [0.25, 0.3) is 0 Å². The predicted molar refractivity (Wildman–Crippen MR) is 137 cm³/mol. The molecule has 3 heterocycles. The number of halogens is 4. The molecule has 0 saturated carbocycles. The SMILES string of the molecule is COc1cc(SC)ccc1NCC#Cc1nn2c(NC3CCNCC3F)cccc2c1SC(F)(F)F. The van der Waals surface area contributed by atoms with Gasteiger partial charge < -0.3 is 20.7 Å². The van der Waals surface area contributed by atoms with Crippen LogP contribution in [0.15, 0.2) is 46.2 Å². The lowest BCUT2D eigenvalue weighted by atomic mass is 10.1. The number of anilines is 2. The Morgan fingerprint density at radius 2 is 2.11 bits per heavy atom. The van der Waals surface area contributed by atoms with E-state index in [4.69, 9.17) is 4.74 Å². The molecule has 0 bridgehead atoms. The van der Waals surface area contributed by atoms with Crippen molar-refractivity contribution in [2.75, 3.05) is 43.6 Å². The van der Waals surface area contributed by atoms with Gasteiger partial charge in [0, 0.05) is 11.4 Å². The lowest BCUT2D eigenvalue weighted by Gasteiger charge is -2.28. The highest BCUT2D eigenvalue weighted by Gasteiger charge is 2.33. The van der Waals surface area contributed by atoms with Gasteiger partial charge in [0.1, 0.15) is 23.4 Å².